The van der Waals surface area contributed by atoms with E-state index in [9.17, 15) is 13.2 Å². The van der Waals surface area contributed by atoms with E-state index in [1.165, 1.54) is 17.7 Å². The van der Waals surface area contributed by atoms with Crippen molar-refractivity contribution in [1.29, 1.82) is 0 Å². The van der Waals surface area contributed by atoms with Crippen LogP contribution in [0.3, 0.4) is 0 Å². The van der Waals surface area contributed by atoms with Crippen LogP contribution in [0.1, 0.15) is 18.1 Å². The minimum atomic E-state index is -4.37. The van der Waals surface area contributed by atoms with Gasteiger partial charge in [0.15, 0.2) is 5.11 Å². The number of anilines is 2. The third-order valence-electron chi connectivity index (χ3n) is 3.07. The van der Waals surface area contributed by atoms with E-state index in [4.69, 9.17) is 12.2 Å². The van der Waals surface area contributed by atoms with Crippen molar-refractivity contribution in [3.05, 3.63) is 59.7 Å². The summed E-state index contributed by atoms with van der Waals surface area (Å²) in [5.74, 6) is 0. The molecule has 2 aromatic carbocycles. The fourth-order valence-corrected chi connectivity index (χ4v) is 2.13. The van der Waals surface area contributed by atoms with Crippen LogP contribution in [-0.4, -0.2) is 5.11 Å². The van der Waals surface area contributed by atoms with Crippen LogP contribution in [0, 0.1) is 0 Å². The van der Waals surface area contributed by atoms with Crippen molar-refractivity contribution in [1.82, 2.24) is 0 Å². The van der Waals surface area contributed by atoms with Gasteiger partial charge in [-0.15, -0.1) is 0 Å². The fourth-order valence-electron chi connectivity index (χ4n) is 1.89. The smallest absolute Gasteiger partial charge is 0.332 e. The number of hydrogen-bond acceptors (Lipinski definition) is 1. The number of benzene rings is 2. The zero-order valence-corrected chi connectivity index (χ0v) is 12.7. The highest BCUT2D eigenvalue weighted by molar-refractivity contribution is 7.80. The number of aryl methyl sites for hydroxylation is 1. The van der Waals surface area contributed by atoms with Crippen LogP contribution in [0.15, 0.2) is 48.5 Å². The Labute approximate surface area is 132 Å². The molecule has 0 saturated heterocycles. The number of halogens is 3. The Morgan fingerprint density at radius 3 is 2.23 bits per heavy atom. The van der Waals surface area contributed by atoms with E-state index in [1.54, 1.807) is 0 Å². The number of hydrogen-bond donors (Lipinski definition) is 2. The van der Waals surface area contributed by atoms with E-state index in [2.05, 4.69) is 17.6 Å². The van der Waals surface area contributed by atoms with Gasteiger partial charge in [0.1, 0.15) is 0 Å². The van der Waals surface area contributed by atoms with Gasteiger partial charge in [-0.1, -0.05) is 25.1 Å². The molecule has 0 amide bonds. The molecule has 0 saturated carbocycles. The summed E-state index contributed by atoms with van der Waals surface area (Å²) in [7, 11) is 0. The molecule has 2 N–H and O–H groups in total. The van der Waals surface area contributed by atoms with E-state index in [0.29, 0.717) is 0 Å². The summed E-state index contributed by atoms with van der Waals surface area (Å²) in [6.07, 6.45) is -3.43. The first kappa shape index (κ1) is 16.3. The first-order valence-electron chi connectivity index (χ1n) is 6.72. The van der Waals surface area contributed by atoms with Gasteiger partial charge in [0.25, 0.3) is 0 Å². The molecule has 0 radical (unpaired) electrons. The van der Waals surface area contributed by atoms with Crippen molar-refractivity contribution < 1.29 is 13.2 Å². The largest absolute Gasteiger partial charge is 0.416 e. The van der Waals surface area contributed by atoms with Crippen LogP contribution in [-0.2, 0) is 12.6 Å². The molecule has 2 aromatic rings. The van der Waals surface area contributed by atoms with Crippen LogP contribution >= 0.6 is 12.2 Å². The zero-order valence-electron chi connectivity index (χ0n) is 11.9. The quantitative estimate of drug-likeness (QED) is 0.770. The van der Waals surface area contributed by atoms with Crippen molar-refractivity contribution in [2.45, 2.75) is 19.5 Å². The van der Waals surface area contributed by atoms with Gasteiger partial charge in [0, 0.05) is 11.4 Å². The predicted octanol–water partition coefficient (Wildman–Crippen LogP) is 5.08. The normalized spacial score (nSPS) is 11.1. The highest BCUT2D eigenvalue weighted by atomic mass is 32.1. The molecule has 0 atom stereocenters. The van der Waals surface area contributed by atoms with E-state index >= 15 is 0 Å². The van der Waals surface area contributed by atoms with Gasteiger partial charge in [-0.25, -0.2) is 0 Å². The average Bonchev–Trinajstić information content (AvgIpc) is 2.47. The Hall–Kier alpha value is -2.08. The standard InChI is InChI=1S/C16H15F3N2S/c1-2-11-6-8-13(9-7-11)20-15(22)21-14-5-3-4-12(10-14)16(17,18)19/h3-10H,2H2,1H3,(H2,20,21,22). The van der Waals surface area contributed by atoms with Gasteiger partial charge in [0.05, 0.1) is 5.56 Å². The number of alkyl halides is 3. The topological polar surface area (TPSA) is 24.1 Å². The Morgan fingerprint density at radius 2 is 1.64 bits per heavy atom. The van der Waals surface area contributed by atoms with Gasteiger partial charge in [-0.05, 0) is 54.5 Å². The Morgan fingerprint density at radius 1 is 1.00 bits per heavy atom. The maximum atomic E-state index is 12.6. The van der Waals surface area contributed by atoms with Gasteiger partial charge in [0.2, 0.25) is 0 Å². The summed E-state index contributed by atoms with van der Waals surface area (Å²) >= 11 is 5.11. The molecule has 0 fully saturated rings. The van der Waals surface area contributed by atoms with E-state index in [0.717, 1.165) is 24.2 Å². The van der Waals surface area contributed by atoms with E-state index in [1.807, 2.05) is 24.3 Å². The molecule has 22 heavy (non-hydrogen) atoms. The SMILES string of the molecule is CCc1ccc(NC(=S)Nc2cccc(C(F)(F)F)c2)cc1. The van der Waals surface area contributed by atoms with Crippen molar-refractivity contribution in [3.8, 4) is 0 Å². The molecule has 0 unspecified atom stereocenters. The van der Waals surface area contributed by atoms with Crippen molar-refractivity contribution in [3.63, 3.8) is 0 Å². The first-order chi connectivity index (χ1) is 10.4. The van der Waals surface area contributed by atoms with Gasteiger partial charge < -0.3 is 10.6 Å². The molecule has 116 valence electrons. The molecular weight excluding hydrogens is 309 g/mol. The van der Waals surface area contributed by atoms with Crippen molar-refractivity contribution in [2.75, 3.05) is 10.6 Å². The molecule has 0 aliphatic carbocycles. The monoisotopic (exact) mass is 324 g/mol. The first-order valence-corrected chi connectivity index (χ1v) is 7.13. The van der Waals surface area contributed by atoms with Crippen LogP contribution in [0.5, 0.6) is 0 Å². The van der Waals surface area contributed by atoms with Crippen LogP contribution in [0.2, 0.25) is 0 Å². The Bertz CT molecular complexity index is 651. The Kier molecular flexibility index (Phi) is 5.03. The van der Waals surface area contributed by atoms with E-state index < -0.39 is 11.7 Å². The lowest BCUT2D eigenvalue weighted by Gasteiger charge is -2.13. The lowest BCUT2D eigenvalue weighted by molar-refractivity contribution is -0.137. The highest BCUT2D eigenvalue weighted by Gasteiger charge is 2.30. The van der Waals surface area contributed by atoms with Gasteiger partial charge in [-0.3, -0.25) is 0 Å². The summed E-state index contributed by atoms with van der Waals surface area (Å²) < 4.78 is 37.9. The maximum absolute atomic E-state index is 12.6. The molecular formula is C16H15F3N2S. The third-order valence-corrected chi connectivity index (χ3v) is 3.27. The molecule has 2 rings (SSSR count). The second kappa shape index (κ2) is 6.79. The summed E-state index contributed by atoms with van der Waals surface area (Å²) in [6.45, 7) is 2.06. The van der Waals surface area contributed by atoms with E-state index in [-0.39, 0.29) is 10.8 Å². The fraction of sp³-hybridized carbons (Fsp3) is 0.188. The van der Waals surface area contributed by atoms with Gasteiger partial charge >= 0.3 is 6.18 Å². The lowest BCUT2D eigenvalue weighted by Crippen LogP contribution is -2.19. The minimum Gasteiger partial charge on any atom is -0.332 e. The second-order valence-electron chi connectivity index (χ2n) is 4.71. The molecule has 0 bridgehead atoms. The molecule has 6 heteroatoms. The number of thiocarbonyl (C=S) groups is 1. The zero-order chi connectivity index (χ0) is 16.2. The molecule has 0 aromatic heterocycles. The number of nitrogens with one attached hydrogen (secondary N) is 2. The summed E-state index contributed by atoms with van der Waals surface area (Å²) in [6, 6.07) is 12.6. The average molecular weight is 324 g/mol. The minimum absolute atomic E-state index is 0.239. The Balaban J connectivity index is 2.02. The predicted molar refractivity (Wildman–Crippen MR) is 87.1 cm³/mol. The van der Waals surface area contributed by atoms with Crippen LogP contribution in [0.4, 0.5) is 24.5 Å². The molecule has 0 spiro atoms. The number of rotatable bonds is 3. The van der Waals surface area contributed by atoms with Crippen LogP contribution < -0.4 is 10.6 Å². The highest BCUT2D eigenvalue weighted by Crippen LogP contribution is 2.30. The molecule has 0 aliphatic heterocycles. The summed E-state index contributed by atoms with van der Waals surface area (Å²) in [4.78, 5) is 0. The molecule has 0 aliphatic rings. The third kappa shape index (κ3) is 4.46. The maximum Gasteiger partial charge on any atom is 0.416 e. The second-order valence-corrected chi connectivity index (χ2v) is 5.12. The molecule has 2 nitrogen and oxygen atoms in total. The van der Waals surface area contributed by atoms with Gasteiger partial charge in [-0.2, -0.15) is 13.2 Å². The van der Waals surface area contributed by atoms with Crippen molar-refractivity contribution in [2.24, 2.45) is 0 Å². The van der Waals surface area contributed by atoms with Crippen molar-refractivity contribution >= 4 is 28.7 Å². The summed E-state index contributed by atoms with van der Waals surface area (Å²) in [5.41, 5.74) is 1.55. The summed E-state index contributed by atoms with van der Waals surface area (Å²) in [5, 5.41) is 5.93. The lowest BCUT2D eigenvalue weighted by atomic mass is 10.1. The molecule has 0 heterocycles. The van der Waals surface area contributed by atoms with Crippen LogP contribution in [0.25, 0.3) is 0 Å².